The van der Waals surface area contributed by atoms with Gasteiger partial charge in [-0.2, -0.15) is 0 Å². The molecular formula is C14H15BrN2O3S. The fourth-order valence-electron chi connectivity index (χ4n) is 1.67. The average Bonchev–Trinajstić information content (AvgIpc) is 2.44. The van der Waals surface area contributed by atoms with Crippen molar-refractivity contribution in [2.24, 2.45) is 0 Å². The predicted molar refractivity (Wildman–Crippen MR) is 87.0 cm³/mol. The van der Waals surface area contributed by atoms with Gasteiger partial charge in [0.05, 0.1) is 11.5 Å². The van der Waals surface area contributed by atoms with Crippen LogP contribution in [-0.4, -0.2) is 15.0 Å². The molecule has 0 atom stereocenters. The Balaban J connectivity index is 2.22. The molecule has 0 aromatic heterocycles. The van der Waals surface area contributed by atoms with Crippen molar-refractivity contribution < 1.29 is 13.2 Å². The number of nitrogens with two attached hydrogens (primary N) is 1. The largest absolute Gasteiger partial charge is 0.494 e. The first-order valence-electron chi connectivity index (χ1n) is 6.23. The smallest absolute Gasteiger partial charge is 0.261 e. The minimum Gasteiger partial charge on any atom is -0.494 e. The van der Waals surface area contributed by atoms with E-state index in [0.717, 1.165) is 0 Å². The molecule has 0 aliphatic rings. The first-order valence-corrected chi connectivity index (χ1v) is 8.50. The van der Waals surface area contributed by atoms with E-state index in [0.29, 0.717) is 28.2 Å². The van der Waals surface area contributed by atoms with Gasteiger partial charge in [-0.05, 0) is 65.3 Å². The summed E-state index contributed by atoms with van der Waals surface area (Å²) < 4.78 is 32.9. The number of halogens is 1. The van der Waals surface area contributed by atoms with Gasteiger partial charge in [0, 0.05) is 15.8 Å². The summed E-state index contributed by atoms with van der Waals surface area (Å²) >= 11 is 3.22. The number of anilines is 2. The number of rotatable bonds is 5. The van der Waals surface area contributed by atoms with Gasteiger partial charge in [0.1, 0.15) is 5.75 Å². The molecule has 0 heterocycles. The minimum absolute atomic E-state index is 0.137. The number of nitrogens with one attached hydrogen (secondary N) is 1. The molecule has 2 rings (SSSR count). The van der Waals surface area contributed by atoms with Crippen LogP contribution in [0.3, 0.4) is 0 Å². The minimum atomic E-state index is -3.65. The van der Waals surface area contributed by atoms with Crippen LogP contribution in [0.25, 0.3) is 0 Å². The van der Waals surface area contributed by atoms with Crippen molar-refractivity contribution in [3.8, 4) is 5.75 Å². The highest BCUT2D eigenvalue weighted by Crippen LogP contribution is 2.25. The Hall–Kier alpha value is -1.73. The molecule has 112 valence electrons. The third kappa shape index (κ3) is 3.89. The van der Waals surface area contributed by atoms with E-state index >= 15 is 0 Å². The second kappa shape index (κ2) is 6.36. The molecule has 0 radical (unpaired) electrons. The summed E-state index contributed by atoms with van der Waals surface area (Å²) in [7, 11) is -3.65. The summed E-state index contributed by atoms with van der Waals surface area (Å²) in [6.45, 7) is 2.44. The SMILES string of the molecule is CCOc1ccc(NS(=O)(=O)c2ccc(N)c(Br)c2)cc1. The number of benzene rings is 2. The molecule has 0 spiro atoms. The maximum Gasteiger partial charge on any atom is 0.261 e. The lowest BCUT2D eigenvalue weighted by Gasteiger charge is -2.10. The molecule has 2 aromatic carbocycles. The molecule has 0 amide bonds. The zero-order valence-corrected chi connectivity index (χ0v) is 13.7. The molecule has 0 bridgehead atoms. The van der Waals surface area contributed by atoms with Crippen LogP contribution in [0.2, 0.25) is 0 Å². The third-order valence-corrected chi connectivity index (χ3v) is 4.77. The van der Waals surface area contributed by atoms with Crippen molar-refractivity contribution in [1.82, 2.24) is 0 Å². The quantitative estimate of drug-likeness (QED) is 0.791. The number of hydrogen-bond acceptors (Lipinski definition) is 4. The predicted octanol–water partition coefficient (Wildman–Crippen LogP) is 3.23. The second-order valence-corrected chi connectivity index (χ2v) is 6.78. The molecular weight excluding hydrogens is 356 g/mol. The van der Waals surface area contributed by atoms with Crippen LogP contribution in [0.1, 0.15) is 6.92 Å². The zero-order chi connectivity index (χ0) is 15.5. The molecule has 0 saturated carbocycles. The van der Waals surface area contributed by atoms with Crippen LogP contribution >= 0.6 is 15.9 Å². The molecule has 7 heteroatoms. The Morgan fingerprint density at radius 2 is 1.86 bits per heavy atom. The van der Waals surface area contributed by atoms with Crippen LogP contribution < -0.4 is 15.2 Å². The van der Waals surface area contributed by atoms with E-state index in [9.17, 15) is 8.42 Å². The van der Waals surface area contributed by atoms with E-state index < -0.39 is 10.0 Å². The zero-order valence-electron chi connectivity index (χ0n) is 11.3. The van der Waals surface area contributed by atoms with Crippen LogP contribution in [0.5, 0.6) is 5.75 Å². The van der Waals surface area contributed by atoms with Crippen molar-refractivity contribution in [2.45, 2.75) is 11.8 Å². The second-order valence-electron chi connectivity index (χ2n) is 4.25. The van der Waals surface area contributed by atoms with Crippen molar-refractivity contribution in [1.29, 1.82) is 0 Å². The highest BCUT2D eigenvalue weighted by Gasteiger charge is 2.15. The van der Waals surface area contributed by atoms with Crippen molar-refractivity contribution >= 4 is 37.3 Å². The number of ether oxygens (including phenoxy) is 1. The maximum absolute atomic E-state index is 12.3. The number of hydrogen-bond donors (Lipinski definition) is 2. The summed E-state index contributed by atoms with van der Waals surface area (Å²) in [5, 5.41) is 0. The Kier molecular flexibility index (Phi) is 4.74. The molecule has 0 aliphatic heterocycles. The Labute approximate surface area is 132 Å². The molecule has 0 fully saturated rings. The van der Waals surface area contributed by atoms with Crippen LogP contribution in [0, 0.1) is 0 Å². The number of nitrogen functional groups attached to an aromatic ring is 1. The van der Waals surface area contributed by atoms with E-state index in [1.807, 2.05) is 6.92 Å². The van der Waals surface area contributed by atoms with Gasteiger partial charge >= 0.3 is 0 Å². The Morgan fingerprint density at radius 1 is 1.19 bits per heavy atom. The normalized spacial score (nSPS) is 11.1. The molecule has 5 nitrogen and oxygen atoms in total. The fraction of sp³-hybridized carbons (Fsp3) is 0.143. The number of sulfonamides is 1. The van der Waals surface area contributed by atoms with Crippen LogP contribution in [0.4, 0.5) is 11.4 Å². The highest BCUT2D eigenvalue weighted by molar-refractivity contribution is 9.10. The summed E-state index contributed by atoms with van der Waals surface area (Å²) in [5.41, 5.74) is 6.60. The lowest BCUT2D eigenvalue weighted by atomic mass is 10.3. The Morgan fingerprint density at radius 3 is 2.43 bits per heavy atom. The lowest BCUT2D eigenvalue weighted by Crippen LogP contribution is -2.13. The van der Waals surface area contributed by atoms with Gasteiger partial charge in [-0.3, -0.25) is 4.72 Å². The van der Waals surface area contributed by atoms with Gasteiger partial charge in [-0.1, -0.05) is 0 Å². The van der Waals surface area contributed by atoms with E-state index in [1.54, 1.807) is 24.3 Å². The van der Waals surface area contributed by atoms with Gasteiger partial charge in [0.15, 0.2) is 0 Å². The summed E-state index contributed by atoms with van der Waals surface area (Å²) in [6.07, 6.45) is 0. The van der Waals surface area contributed by atoms with E-state index in [4.69, 9.17) is 10.5 Å². The van der Waals surface area contributed by atoms with Gasteiger partial charge < -0.3 is 10.5 Å². The molecule has 3 N–H and O–H groups in total. The van der Waals surface area contributed by atoms with Gasteiger partial charge in [-0.15, -0.1) is 0 Å². The monoisotopic (exact) mass is 370 g/mol. The molecule has 0 saturated heterocycles. The van der Waals surface area contributed by atoms with E-state index in [1.165, 1.54) is 18.2 Å². The van der Waals surface area contributed by atoms with E-state index in [2.05, 4.69) is 20.7 Å². The first kappa shape index (κ1) is 15.7. The van der Waals surface area contributed by atoms with Crippen LogP contribution in [-0.2, 0) is 10.0 Å². The van der Waals surface area contributed by atoms with Crippen molar-refractivity contribution in [2.75, 3.05) is 17.1 Å². The van der Waals surface area contributed by atoms with Crippen molar-refractivity contribution in [3.05, 3.63) is 46.9 Å². The topological polar surface area (TPSA) is 81.4 Å². The van der Waals surface area contributed by atoms with E-state index in [-0.39, 0.29) is 4.90 Å². The highest BCUT2D eigenvalue weighted by atomic mass is 79.9. The molecule has 2 aromatic rings. The Bertz CT molecular complexity index is 730. The van der Waals surface area contributed by atoms with Gasteiger partial charge in [0.2, 0.25) is 0 Å². The summed E-state index contributed by atoms with van der Waals surface area (Å²) in [4.78, 5) is 0.137. The summed E-state index contributed by atoms with van der Waals surface area (Å²) in [6, 6.07) is 11.2. The first-order chi connectivity index (χ1) is 9.92. The standard InChI is InChI=1S/C14H15BrN2O3S/c1-2-20-11-5-3-10(4-6-11)17-21(18,19)12-7-8-14(16)13(15)9-12/h3-9,17H,2,16H2,1H3. The fourth-order valence-corrected chi connectivity index (χ4v) is 3.29. The molecule has 0 unspecified atom stereocenters. The van der Waals surface area contributed by atoms with Crippen LogP contribution in [0.15, 0.2) is 51.8 Å². The lowest BCUT2D eigenvalue weighted by molar-refractivity contribution is 0.340. The summed E-state index contributed by atoms with van der Waals surface area (Å²) in [5.74, 6) is 0.690. The van der Waals surface area contributed by atoms with Crippen molar-refractivity contribution in [3.63, 3.8) is 0 Å². The molecule has 21 heavy (non-hydrogen) atoms. The van der Waals surface area contributed by atoms with Gasteiger partial charge in [-0.25, -0.2) is 8.42 Å². The average molecular weight is 371 g/mol. The maximum atomic E-state index is 12.3. The molecule has 0 aliphatic carbocycles. The third-order valence-electron chi connectivity index (χ3n) is 2.70. The van der Waals surface area contributed by atoms with Gasteiger partial charge in [0.25, 0.3) is 10.0 Å².